The van der Waals surface area contributed by atoms with Crippen molar-refractivity contribution in [3.8, 4) is 0 Å². The topological polar surface area (TPSA) is 12.5 Å². The van der Waals surface area contributed by atoms with Crippen LogP contribution in [0.15, 0.2) is 59.8 Å². The first-order valence-corrected chi connectivity index (χ1v) is 6.19. The summed E-state index contributed by atoms with van der Waals surface area (Å²) in [5, 5.41) is 1.82. The molecule has 0 spiro atoms. The molecule has 1 aliphatic rings. The van der Waals surface area contributed by atoms with Crippen LogP contribution >= 0.6 is 0 Å². The third kappa shape index (κ3) is 2.12. The molecule has 0 N–H and O–H groups in total. The van der Waals surface area contributed by atoms with E-state index in [2.05, 4.69) is 38.6 Å². The van der Waals surface area contributed by atoms with Crippen molar-refractivity contribution in [3.63, 3.8) is 0 Å². The van der Waals surface area contributed by atoms with E-state index < -0.39 is 0 Å². The summed E-state index contributed by atoms with van der Waals surface area (Å²) >= 11 is 0. The lowest BCUT2D eigenvalue weighted by molar-refractivity contribution is -0.0435. The fraction of sp³-hybridized carbons (Fsp3) is 0.250. The number of nitrogens with zero attached hydrogens (tertiary/aromatic N) is 1. The van der Waals surface area contributed by atoms with Gasteiger partial charge in [0.25, 0.3) is 0 Å². The molecule has 0 unspecified atom stereocenters. The van der Waals surface area contributed by atoms with Gasteiger partial charge in [-0.25, -0.2) is 5.06 Å². The van der Waals surface area contributed by atoms with Crippen LogP contribution in [-0.4, -0.2) is 12.2 Å². The highest BCUT2D eigenvalue weighted by Gasteiger charge is 2.23. The molecule has 1 aromatic carbocycles. The highest BCUT2D eigenvalue weighted by molar-refractivity contribution is 5.73. The van der Waals surface area contributed by atoms with Crippen LogP contribution in [0.1, 0.15) is 25.8 Å². The standard InChI is InChI=1S/C16H19NO/c1-5-14-11-12(2)16(17(18-4)13(14)3)15-9-7-6-8-10-15/h6-11H,3,5H2,1-2,4H3. The molecule has 1 aromatic rings. The molecule has 0 aromatic heterocycles. The third-order valence-corrected chi connectivity index (χ3v) is 3.19. The van der Waals surface area contributed by atoms with Crippen LogP contribution in [0.2, 0.25) is 0 Å². The molecule has 0 saturated heterocycles. The first-order chi connectivity index (χ1) is 8.69. The SMILES string of the molecule is C=C1C(CC)=CC(C)=C(c2ccccc2)N1OC. The van der Waals surface area contributed by atoms with Gasteiger partial charge in [-0.3, -0.25) is 4.84 Å². The Balaban J connectivity index is 2.55. The van der Waals surface area contributed by atoms with Crippen LogP contribution in [-0.2, 0) is 4.84 Å². The second-order valence-electron chi connectivity index (χ2n) is 4.34. The van der Waals surface area contributed by atoms with E-state index in [0.717, 1.165) is 23.4 Å². The second-order valence-corrected chi connectivity index (χ2v) is 4.34. The van der Waals surface area contributed by atoms with E-state index in [1.807, 2.05) is 23.3 Å². The molecule has 0 amide bonds. The van der Waals surface area contributed by atoms with Gasteiger partial charge in [0.1, 0.15) is 0 Å². The first kappa shape index (κ1) is 12.7. The highest BCUT2D eigenvalue weighted by Crippen LogP contribution is 2.35. The minimum absolute atomic E-state index is 0.921. The van der Waals surface area contributed by atoms with Crippen molar-refractivity contribution >= 4 is 5.70 Å². The molecule has 18 heavy (non-hydrogen) atoms. The molecule has 0 radical (unpaired) electrons. The molecule has 0 bridgehead atoms. The fourth-order valence-corrected chi connectivity index (χ4v) is 2.29. The molecule has 1 aliphatic heterocycles. The molecule has 0 fully saturated rings. The smallest absolute Gasteiger partial charge is 0.0796 e. The van der Waals surface area contributed by atoms with Gasteiger partial charge in [0.15, 0.2) is 0 Å². The molecule has 0 atom stereocenters. The number of benzene rings is 1. The summed E-state index contributed by atoms with van der Waals surface area (Å²) in [4.78, 5) is 5.51. The lowest BCUT2D eigenvalue weighted by Gasteiger charge is -2.32. The van der Waals surface area contributed by atoms with Gasteiger partial charge in [0.2, 0.25) is 0 Å². The van der Waals surface area contributed by atoms with Crippen molar-refractivity contribution in [3.05, 3.63) is 65.4 Å². The minimum atomic E-state index is 0.921. The van der Waals surface area contributed by atoms with Gasteiger partial charge in [0, 0.05) is 5.56 Å². The summed E-state index contributed by atoms with van der Waals surface area (Å²) in [5.74, 6) is 0. The van der Waals surface area contributed by atoms with Crippen LogP contribution in [0.4, 0.5) is 0 Å². The summed E-state index contributed by atoms with van der Waals surface area (Å²) in [6.07, 6.45) is 3.15. The van der Waals surface area contributed by atoms with Crippen LogP contribution in [0.3, 0.4) is 0 Å². The van der Waals surface area contributed by atoms with E-state index in [1.54, 1.807) is 7.11 Å². The van der Waals surface area contributed by atoms with Crippen molar-refractivity contribution < 1.29 is 4.84 Å². The number of allylic oxidation sites excluding steroid dienone is 3. The molecule has 2 nitrogen and oxygen atoms in total. The van der Waals surface area contributed by atoms with Crippen LogP contribution in [0, 0.1) is 0 Å². The van der Waals surface area contributed by atoms with E-state index in [-0.39, 0.29) is 0 Å². The maximum Gasteiger partial charge on any atom is 0.0796 e. The van der Waals surface area contributed by atoms with E-state index in [1.165, 1.54) is 11.1 Å². The van der Waals surface area contributed by atoms with Gasteiger partial charge in [-0.15, -0.1) is 0 Å². The van der Waals surface area contributed by atoms with Crippen LogP contribution in [0.25, 0.3) is 5.70 Å². The van der Waals surface area contributed by atoms with Gasteiger partial charge in [-0.2, -0.15) is 0 Å². The predicted octanol–water partition coefficient (Wildman–Crippen LogP) is 4.14. The zero-order valence-corrected chi connectivity index (χ0v) is 11.2. The third-order valence-electron chi connectivity index (χ3n) is 3.19. The maximum atomic E-state index is 5.51. The van der Waals surface area contributed by atoms with Gasteiger partial charge < -0.3 is 0 Å². The summed E-state index contributed by atoms with van der Waals surface area (Å²) in [7, 11) is 1.68. The molecular formula is C16H19NO. The largest absolute Gasteiger partial charge is 0.272 e. The number of hydrogen-bond donors (Lipinski definition) is 0. The van der Waals surface area contributed by atoms with Gasteiger partial charge in [0.05, 0.1) is 18.5 Å². The molecule has 0 aliphatic carbocycles. The summed E-state index contributed by atoms with van der Waals surface area (Å²) < 4.78 is 0. The Morgan fingerprint density at radius 3 is 2.44 bits per heavy atom. The fourth-order valence-electron chi connectivity index (χ4n) is 2.29. The first-order valence-electron chi connectivity index (χ1n) is 6.19. The summed E-state index contributed by atoms with van der Waals surface area (Å²) in [5.41, 5.74) is 5.55. The lowest BCUT2D eigenvalue weighted by atomic mass is 9.97. The molecule has 1 heterocycles. The predicted molar refractivity (Wildman–Crippen MR) is 75.4 cm³/mol. The Kier molecular flexibility index (Phi) is 3.68. The van der Waals surface area contributed by atoms with E-state index in [9.17, 15) is 0 Å². The van der Waals surface area contributed by atoms with Gasteiger partial charge >= 0.3 is 0 Å². The van der Waals surface area contributed by atoms with Gasteiger partial charge in [-0.1, -0.05) is 49.9 Å². The Hall–Kier alpha value is -1.80. The second kappa shape index (κ2) is 5.23. The normalized spacial score (nSPS) is 16.1. The van der Waals surface area contributed by atoms with Crippen molar-refractivity contribution in [1.29, 1.82) is 0 Å². The average Bonchev–Trinajstić information content (AvgIpc) is 2.41. The monoisotopic (exact) mass is 241 g/mol. The van der Waals surface area contributed by atoms with E-state index in [4.69, 9.17) is 4.84 Å². The van der Waals surface area contributed by atoms with E-state index in [0.29, 0.717) is 0 Å². The van der Waals surface area contributed by atoms with Crippen molar-refractivity contribution in [2.24, 2.45) is 0 Å². The minimum Gasteiger partial charge on any atom is -0.272 e. The zero-order valence-electron chi connectivity index (χ0n) is 11.2. The quantitative estimate of drug-likeness (QED) is 0.788. The van der Waals surface area contributed by atoms with Gasteiger partial charge in [-0.05, 0) is 24.5 Å². The number of hydroxylamine groups is 2. The Morgan fingerprint density at radius 1 is 1.22 bits per heavy atom. The van der Waals surface area contributed by atoms with Crippen molar-refractivity contribution in [2.45, 2.75) is 20.3 Å². The van der Waals surface area contributed by atoms with Crippen LogP contribution in [0.5, 0.6) is 0 Å². The molecule has 0 saturated carbocycles. The summed E-state index contributed by atoms with van der Waals surface area (Å²) in [6, 6.07) is 10.3. The lowest BCUT2D eigenvalue weighted by Crippen LogP contribution is -2.24. The molecule has 94 valence electrons. The van der Waals surface area contributed by atoms with Crippen molar-refractivity contribution in [2.75, 3.05) is 7.11 Å². The molecule has 2 heteroatoms. The molecule has 2 rings (SSSR count). The van der Waals surface area contributed by atoms with Crippen molar-refractivity contribution in [1.82, 2.24) is 5.06 Å². The van der Waals surface area contributed by atoms with E-state index >= 15 is 0 Å². The Labute approximate surface area is 109 Å². The maximum absolute atomic E-state index is 5.51. The van der Waals surface area contributed by atoms with Crippen LogP contribution < -0.4 is 0 Å². The highest BCUT2D eigenvalue weighted by atomic mass is 16.7. The zero-order chi connectivity index (χ0) is 13.1. The number of rotatable bonds is 3. The number of hydrogen-bond acceptors (Lipinski definition) is 2. The average molecular weight is 241 g/mol. The summed E-state index contributed by atoms with van der Waals surface area (Å²) in [6.45, 7) is 8.37. The Bertz CT molecular complexity index is 511. The Morgan fingerprint density at radius 2 is 1.89 bits per heavy atom. The molecular weight excluding hydrogens is 222 g/mol.